The maximum atomic E-state index is 12.9. The lowest BCUT2D eigenvalue weighted by atomic mass is 10.0. The van der Waals surface area contributed by atoms with Gasteiger partial charge in [-0.15, -0.1) is 0 Å². The van der Waals surface area contributed by atoms with Crippen LogP contribution in [0.5, 0.6) is 0 Å². The largest absolute Gasteiger partial charge is 0.379 e. The monoisotopic (exact) mass is 284 g/mol. The van der Waals surface area contributed by atoms with Gasteiger partial charge in [-0.1, -0.05) is 12.1 Å². The fourth-order valence-corrected chi connectivity index (χ4v) is 2.56. The van der Waals surface area contributed by atoms with Crippen LogP contribution in [0.15, 0.2) is 42.5 Å². The number of carbonyl (C=O) groups excluding carboxylic acids is 1. The van der Waals surface area contributed by atoms with Crippen LogP contribution in [-0.4, -0.2) is 5.91 Å². The summed E-state index contributed by atoms with van der Waals surface area (Å²) in [6.07, 6.45) is 1.30. The van der Waals surface area contributed by atoms with Crippen molar-refractivity contribution in [1.82, 2.24) is 0 Å². The zero-order valence-corrected chi connectivity index (χ0v) is 11.8. The van der Waals surface area contributed by atoms with Crippen molar-refractivity contribution in [2.45, 2.75) is 25.8 Å². The van der Waals surface area contributed by atoms with E-state index in [4.69, 9.17) is 0 Å². The van der Waals surface area contributed by atoms with Gasteiger partial charge in [-0.05, 0) is 54.8 Å². The van der Waals surface area contributed by atoms with E-state index in [1.54, 1.807) is 12.1 Å². The number of hydrogen-bond donors (Lipinski definition) is 2. The Hall–Kier alpha value is -2.36. The predicted molar refractivity (Wildman–Crippen MR) is 81.8 cm³/mol. The molecule has 2 N–H and O–H groups in total. The van der Waals surface area contributed by atoms with Gasteiger partial charge in [0.15, 0.2) is 0 Å². The third kappa shape index (κ3) is 3.05. The molecule has 0 radical (unpaired) electrons. The molecule has 1 aliphatic rings. The summed E-state index contributed by atoms with van der Waals surface area (Å²) in [6.45, 7) is 2.04. The summed E-state index contributed by atoms with van der Waals surface area (Å²) in [4.78, 5) is 11.3. The average Bonchev–Trinajstić information content (AvgIpc) is 2.48. The maximum Gasteiger partial charge on any atom is 0.224 e. The first-order valence-corrected chi connectivity index (χ1v) is 7.06. The molecule has 3 rings (SSSR count). The first-order chi connectivity index (χ1) is 10.1. The molecule has 1 heterocycles. The Labute approximate surface area is 123 Å². The lowest BCUT2D eigenvalue weighted by molar-refractivity contribution is -0.116. The Morgan fingerprint density at radius 1 is 1.14 bits per heavy atom. The number of rotatable bonds is 3. The van der Waals surface area contributed by atoms with Gasteiger partial charge in [0.25, 0.3) is 0 Å². The van der Waals surface area contributed by atoms with Crippen LogP contribution < -0.4 is 10.6 Å². The fraction of sp³-hybridized carbons (Fsp3) is 0.235. The van der Waals surface area contributed by atoms with Crippen LogP contribution in [0.3, 0.4) is 0 Å². The fourth-order valence-electron chi connectivity index (χ4n) is 2.56. The molecule has 0 fully saturated rings. The van der Waals surface area contributed by atoms with Crippen molar-refractivity contribution in [2.75, 3.05) is 10.6 Å². The van der Waals surface area contributed by atoms with Crippen LogP contribution in [0.4, 0.5) is 15.8 Å². The van der Waals surface area contributed by atoms with E-state index in [0.29, 0.717) is 6.42 Å². The van der Waals surface area contributed by atoms with Crippen molar-refractivity contribution in [2.24, 2.45) is 0 Å². The normalized spacial score (nSPS) is 15.0. The maximum absolute atomic E-state index is 12.9. The summed E-state index contributed by atoms with van der Waals surface area (Å²) in [6, 6.07) is 12.5. The van der Waals surface area contributed by atoms with Gasteiger partial charge >= 0.3 is 0 Å². The molecule has 21 heavy (non-hydrogen) atoms. The van der Waals surface area contributed by atoms with Crippen molar-refractivity contribution < 1.29 is 9.18 Å². The van der Waals surface area contributed by atoms with Crippen molar-refractivity contribution in [3.05, 3.63) is 59.4 Å². The highest BCUT2D eigenvalue weighted by Crippen LogP contribution is 2.27. The Morgan fingerprint density at radius 3 is 2.67 bits per heavy atom. The van der Waals surface area contributed by atoms with E-state index in [1.165, 1.54) is 12.1 Å². The minimum Gasteiger partial charge on any atom is -0.379 e. The number of hydrogen-bond acceptors (Lipinski definition) is 2. The van der Waals surface area contributed by atoms with Crippen LogP contribution in [0.2, 0.25) is 0 Å². The molecule has 0 bridgehead atoms. The topological polar surface area (TPSA) is 41.1 Å². The second kappa shape index (κ2) is 5.56. The Bertz CT molecular complexity index is 667. The third-order valence-electron chi connectivity index (χ3n) is 3.75. The molecule has 108 valence electrons. The van der Waals surface area contributed by atoms with Gasteiger partial charge < -0.3 is 10.6 Å². The van der Waals surface area contributed by atoms with E-state index in [0.717, 1.165) is 28.9 Å². The summed E-state index contributed by atoms with van der Waals surface area (Å²) in [5, 5.41) is 6.27. The van der Waals surface area contributed by atoms with Crippen molar-refractivity contribution >= 4 is 17.3 Å². The molecule has 0 spiro atoms. The molecule has 0 aromatic heterocycles. The van der Waals surface area contributed by atoms with Gasteiger partial charge in [0, 0.05) is 23.8 Å². The van der Waals surface area contributed by atoms with E-state index in [-0.39, 0.29) is 17.8 Å². The lowest BCUT2D eigenvalue weighted by Crippen LogP contribution is -2.19. The van der Waals surface area contributed by atoms with Crippen LogP contribution >= 0.6 is 0 Å². The molecule has 1 unspecified atom stereocenters. The second-order valence-corrected chi connectivity index (χ2v) is 5.34. The summed E-state index contributed by atoms with van der Waals surface area (Å²) >= 11 is 0. The minimum atomic E-state index is -0.226. The molecule has 4 heteroatoms. The number of aryl methyl sites for hydroxylation is 1. The molecule has 2 aromatic carbocycles. The molecule has 0 saturated heterocycles. The average molecular weight is 284 g/mol. The molecular weight excluding hydrogens is 267 g/mol. The Kier molecular flexibility index (Phi) is 3.60. The molecule has 2 aromatic rings. The molecule has 0 saturated carbocycles. The highest BCUT2D eigenvalue weighted by atomic mass is 19.1. The number of anilines is 2. The third-order valence-corrected chi connectivity index (χ3v) is 3.75. The number of nitrogens with one attached hydrogen (secondary N) is 2. The molecule has 1 aliphatic heterocycles. The van der Waals surface area contributed by atoms with E-state index in [1.807, 2.05) is 19.1 Å². The number of benzene rings is 2. The van der Waals surface area contributed by atoms with E-state index < -0.39 is 0 Å². The summed E-state index contributed by atoms with van der Waals surface area (Å²) in [5.74, 6) is -0.154. The van der Waals surface area contributed by atoms with E-state index in [9.17, 15) is 9.18 Å². The predicted octanol–water partition coefficient (Wildman–Crippen LogP) is 3.88. The van der Waals surface area contributed by atoms with Gasteiger partial charge in [0.2, 0.25) is 5.91 Å². The second-order valence-electron chi connectivity index (χ2n) is 5.34. The molecule has 0 aliphatic carbocycles. The number of halogens is 1. The summed E-state index contributed by atoms with van der Waals surface area (Å²) in [5.41, 5.74) is 4.07. The molecular formula is C17H17FN2O. The van der Waals surface area contributed by atoms with Crippen molar-refractivity contribution in [1.29, 1.82) is 0 Å². The first kappa shape index (κ1) is 13.6. The van der Waals surface area contributed by atoms with Crippen LogP contribution in [0, 0.1) is 5.82 Å². The number of fused-ring (bicyclic) bond motifs is 1. The smallest absolute Gasteiger partial charge is 0.224 e. The van der Waals surface area contributed by atoms with Crippen molar-refractivity contribution in [3.8, 4) is 0 Å². The van der Waals surface area contributed by atoms with Crippen LogP contribution in [0.25, 0.3) is 0 Å². The molecule has 1 atom stereocenters. The highest BCUT2D eigenvalue weighted by molar-refractivity contribution is 5.94. The number of carbonyl (C=O) groups is 1. The quantitative estimate of drug-likeness (QED) is 0.898. The first-order valence-electron chi connectivity index (χ1n) is 7.06. The molecule has 3 nitrogen and oxygen atoms in total. The standard InChI is InChI=1S/C17H17FN2O/c1-11(12-2-5-14(18)6-3-12)19-15-7-8-16-13(10-15)4-9-17(21)20-16/h2-3,5-8,10-11,19H,4,9H2,1H3,(H,20,21). The van der Waals surface area contributed by atoms with Gasteiger partial charge in [0.05, 0.1) is 0 Å². The van der Waals surface area contributed by atoms with E-state index in [2.05, 4.69) is 16.7 Å². The highest BCUT2D eigenvalue weighted by Gasteiger charge is 2.15. The summed E-state index contributed by atoms with van der Waals surface area (Å²) < 4.78 is 12.9. The van der Waals surface area contributed by atoms with E-state index >= 15 is 0 Å². The SMILES string of the molecule is CC(Nc1ccc2c(c1)CCC(=O)N2)c1ccc(F)cc1. The molecule has 1 amide bonds. The zero-order chi connectivity index (χ0) is 14.8. The van der Waals surface area contributed by atoms with Gasteiger partial charge in [-0.3, -0.25) is 4.79 Å². The Morgan fingerprint density at radius 2 is 1.90 bits per heavy atom. The zero-order valence-electron chi connectivity index (χ0n) is 11.8. The summed E-state index contributed by atoms with van der Waals surface area (Å²) in [7, 11) is 0. The van der Waals surface area contributed by atoms with Gasteiger partial charge in [-0.2, -0.15) is 0 Å². The lowest BCUT2D eigenvalue weighted by Gasteiger charge is -2.20. The van der Waals surface area contributed by atoms with Crippen LogP contribution in [0.1, 0.15) is 30.5 Å². The van der Waals surface area contributed by atoms with Gasteiger partial charge in [0.1, 0.15) is 5.82 Å². The van der Waals surface area contributed by atoms with Crippen molar-refractivity contribution in [3.63, 3.8) is 0 Å². The Balaban J connectivity index is 1.76. The minimum absolute atomic E-state index is 0.0721. The number of amides is 1. The van der Waals surface area contributed by atoms with Crippen LogP contribution in [-0.2, 0) is 11.2 Å². The van der Waals surface area contributed by atoms with Gasteiger partial charge in [-0.25, -0.2) is 4.39 Å².